The monoisotopic (exact) mass is 329 g/mol. The summed E-state index contributed by atoms with van der Waals surface area (Å²) in [7, 11) is 3.20. The second-order valence-electron chi connectivity index (χ2n) is 5.84. The Kier molecular flexibility index (Phi) is 4.33. The van der Waals surface area contributed by atoms with Gasteiger partial charge in [-0.25, -0.2) is 4.98 Å². The highest BCUT2D eigenvalue weighted by Crippen LogP contribution is 2.34. The molecule has 128 valence electrons. The average Bonchev–Trinajstić information content (AvgIpc) is 2.60. The number of fused-ring (bicyclic) bond motifs is 1. The number of aromatic nitrogens is 2. The molecule has 2 aromatic rings. The van der Waals surface area contributed by atoms with Crippen molar-refractivity contribution in [3.8, 4) is 11.5 Å². The van der Waals surface area contributed by atoms with Crippen molar-refractivity contribution in [3.05, 3.63) is 24.4 Å². The van der Waals surface area contributed by atoms with Crippen molar-refractivity contribution in [2.75, 3.05) is 51.0 Å². The Morgan fingerprint density at radius 3 is 2.29 bits per heavy atom. The average molecular weight is 329 g/mol. The van der Waals surface area contributed by atoms with E-state index in [2.05, 4.69) is 26.3 Å². The zero-order valence-corrected chi connectivity index (χ0v) is 14.4. The Morgan fingerprint density at radius 2 is 1.71 bits per heavy atom. The van der Waals surface area contributed by atoms with Crippen LogP contribution in [0.15, 0.2) is 24.4 Å². The molecule has 2 N–H and O–H groups in total. The highest BCUT2D eigenvalue weighted by atomic mass is 16.5. The number of ether oxygens (including phenoxy) is 2. The summed E-state index contributed by atoms with van der Waals surface area (Å²) >= 11 is 0. The number of anilines is 2. The zero-order valence-electron chi connectivity index (χ0n) is 14.4. The summed E-state index contributed by atoms with van der Waals surface area (Å²) in [6, 6.07) is 3.64. The number of allylic oxidation sites excluding steroid dienone is 1. The van der Waals surface area contributed by atoms with E-state index in [4.69, 9.17) is 15.2 Å². The Labute approximate surface area is 141 Å². The molecule has 0 atom stereocenters. The molecular formula is C17H23N5O2. The molecular weight excluding hydrogens is 306 g/mol. The van der Waals surface area contributed by atoms with Crippen molar-refractivity contribution in [2.45, 2.75) is 6.92 Å². The SMILES string of the molecule is C=C(C)N1CCN(c2nc(N)c3cc(OC)c(OC)cc3n2)CC1. The summed E-state index contributed by atoms with van der Waals surface area (Å²) in [5, 5.41) is 0.761. The van der Waals surface area contributed by atoms with Crippen LogP contribution < -0.4 is 20.1 Å². The van der Waals surface area contributed by atoms with E-state index in [1.807, 2.05) is 19.1 Å². The van der Waals surface area contributed by atoms with Gasteiger partial charge in [0.25, 0.3) is 0 Å². The van der Waals surface area contributed by atoms with Gasteiger partial charge in [-0.1, -0.05) is 6.58 Å². The third-order valence-corrected chi connectivity index (χ3v) is 4.32. The van der Waals surface area contributed by atoms with E-state index in [0.29, 0.717) is 23.3 Å². The number of benzene rings is 1. The first kappa shape index (κ1) is 16.2. The van der Waals surface area contributed by atoms with E-state index in [1.54, 1.807) is 14.2 Å². The minimum Gasteiger partial charge on any atom is -0.493 e. The van der Waals surface area contributed by atoms with Gasteiger partial charge in [-0.15, -0.1) is 0 Å². The number of nitrogen functional groups attached to an aromatic ring is 1. The van der Waals surface area contributed by atoms with Crippen LogP contribution in [0.25, 0.3) is 10.9 Å². The summed E-state index contributed by atoms with van der Waals surface area (Å²) in [5.41, 5.74) is 7.99. The minimum absolute atomic E-state index is 0.443. The fourth-order valence-corrected chi connectivity index (χ4v) is 2.90. The molecule has 0 saturated carbocycles. The number of hydrogen-bond donors (Lipinski definition) is 1. The van der Waals surface area contributed by atoms with E-state index >= 15 is 0 Å². The van der Waals surface area contributed by atoms with Crippen LogP contribution in [0.4, 0.5) is 11.8 Å². The van der Waals surface area contributed by atoms with Gasteiger partial charge >= 0.3 is 0 Å². The third kappa shape index (κ3) is 2.89. The number of methoxy groups -OCH3 is 2. The van der Waals surface area contributed by atoms with E-state index in [9.17, 15) is 0 Å². The maximum absolute atomic E-state index is 6.16. The van der Waals surface area contributed by atoms with Crippen LogP contribution in [-0.4, -0.2) is 55.3 Å². The molecule has 24 heavy (non-hydrogen) atoms. The minimum atomic E-state index is 0.443. The van der Waals surface area contributed by atoms with Crippen LogP contribution in [0.5, 0.6) is 11.5 Å². The van der Waals surface area contributed by atoms with Gasteiger partial charge in [-0.2, -0.15) is 4.98 Å². The maximum Gasteiger partial charge on any atom is 0.228 e. The van der Waals surface area contributed by atoms with Gasteiger partial charge in [0.2, 0.25) is 5.95 Å². The predicted octanol–water partition coefficient (Wildman–Crippen LogP) is 1.88. The summed E-state index contributed by atoms with van der Waals surface area (Å²) in [6.45, 7) is 9.51. The predicted molar refractivity (Wildman–Crippen MR) is 95.7 cm³/mol. The molecule has 2 heterocycles. The van der Waals surface area contributed by atoms with E-state index in [1.165, 1.54) is 0 Å². The summed E-state index contributed by atoms with van der Waals surface area (Å²) in [4.78, 5) is 13.6. The van der Waals surface area contributed by atoms with E-state index in [0.717, 1.165) is 42.8 Å². The van der Waals surface area contributed by atoms with Gasteiger partial charge in [0.15, 0.2) is 11.5 Å². The van der Waals surface area contributed by atoms with Crippen molar-refractivity contribution in [3.63, 3.8) is 0 Å². The lowest BCUT2D eigenvalue weighted by atomic mass is 10.2. The van der Waals surface area contributed by atoms with Gasteiger partial charge in [0.1, 0.15) is 5.82 Å². The molecule has 0 spiro atoms. The molecule has 1 aliphatic rings. The molecule has 7 nitrogen and oxygen atoms in total. The van der Waals surface area contributed by atoms with Gasteiger partial charge in [0.05, 0.1) is 19.7 Å². The topological polar surface area (TPSA) is 76.7 Å². The highest BCUT2D eigenvalue weighted by molar-refractivity contribution is 5.91. The second kappa shape index (κ2) is 6.43. The molecule has 0 radical (unpaired) electrons. The molecule has 0 amide bonds. The first-order valence-electron chi connectivity index (χ1n) is 7.88. The normalized spacial score (nSPS) is 14.8. The standard InChI is InChI=1S/C17H23N5O2/c1-11(2)21-5-7-22(8-6-21)17-19-13-10-15(24-4)14(23-3)9-12(13)16(18)20-17/h9-10H,1,5-8H2,2-4H3,(H2,18,19,20). The van der Waals surface area contributed by atoms with Crippen molar-refractivity contribution in [2.24, 2.45) is 0 Å². The number of rotatable bonds is 4. The van der Waals surface area contributed by atoms with Crippen LogP contribution in [0.2, 0.25) is 0 Å². The van der Waals surface area contributed by atoms with Crippen LogP contribution in [0.1, 0.15) is 6.92 Å². The van der Waals surface area contributed by atoms with Crippen molar-refractivity contribution in [1.82, 2.24) is 14.9 Å². The van der Waals surface area contributed by atoms with Crippen molar-refractivity contribution < 1.29 is 9.47 Å². The third-order valence-electron chi connectivity index (χ3n) is 4.32. The van der Waals surface area contributed by atoms with Gasteiger partial charge in [0, 0.05) is 43.3 Å². The van der Waals surface area contributed by atoms with Gasteiger partial charge < -0.3 is 25.0 Å². The van der Waals surface area contributed by atoms with Gasteiger partial charge in [-0.05, 0) is 13.0 Å². The lowest BCUT2D eigenvalue weighted by molar-refractivity contribution is 0.321. The Balaban J connectivity index is 1.94. The molecule has 1 aromatic carbocycles. The van der Waals surface area contributed by atoms with E-state index < -0.39 is 0 Å². The molecule has 0 aliphatic carbocycles. The van der Waals surface area contributed by atoms with Crippen LogP contribution in [0, 0.1) is 0 Å². The Bertz CT molecular complexity index is 769. The fourth-order valence-electron chi connectivity index (χ4n) is 2.90. The van der Waals surface area contributed by atoms with Crippen molar-refractivity contribution >= 4 is 22.7 Å². The van der Waals surface area contributed by atoms with Crippen LogP contribution >= 0.6 is 0 Å². The highest BCUT2D eigenvalue weighted by Gasteiger charge is 2.20. The molecule has 0 bridgehead atoms. The number of nitrogens with two attached hydrogens (primary N) is 1. The number of piperazine rings is 1. The molecule has 0 unspecified atom stereocenters. The maximum atomic E-state index is 6.16. The van der Waals surface area contributed by atoms with Crippen molar-refractivity contribution in [1.29, 1.82) is 0 Å². The second-order valence-corrected chi connectivity index (χ2v) is 5.84. The zero-order chi connectivity index (χ0) is 17.3. The Morgan fingerprint density at radius 1 is 1.08 bits per heavy atom. The largest absolute Gasteiger partial charge is 0.493 e. The van der Waals surface area contributed by atoms with E-state index in [-0.39, 0.29) is 0 Å². The first-order chi connectivity index (χ1) is 11.5. The lowest BCUT2D eigenvalue weighted by Crippen LogP contribution is -2.46. The lowest BCUT2D eigenvalue weighted by Gasteiger charge is -2.36. The molecule has 7 heteroatoms. The molecule has 1 aromatic heterocycles. The number of nitrogens with zero attached hydrogens (tertiary/aromatic N) is 4. The number of hydrogen-bond acceptors (Lipinski definition) is 7. The Hall–Kier alpha value is -2.70. The smallest absolute Gasteiger partial charge is 0.228 e. The quantitative estimate of drug-likeness (QED) is 0.918. The summed E-state index contributed by atoms with van der Waals surface area (Å²) in [5.74, 6) is 2.33. The first-order valence-corrected chi connectivity index (χ1v) is 7.88. The molecule has 1 fully saturated rings. The molecule has 1 aliphatic heterocycles. The molecule has 3 rings (SSSR count). The van der Waals surface area contributed by atoms with Crippen LogP contribution in [0.3, 0.4) is 0 Å². The molecule has 1 saturated heterocycles. The van der Waals surface area contributed by atoms with Gasteiger partial charge in [-0.3, -0.25) is 0 Å². The fraction of sp³-hybridized carbons (Fsp3) is 0.412. The van der Waals surface area contributed by atoms with Crippen LogP contribution in [-0.2, 0) is 0 Å². The summed E-state index contributed by atoms with van der Waals surface area (Å²) in [6.07, 6.45) is 0. The summed E-state index contributed by atoms with van der Waals surface area (Å²) < 4.78 is 10.7.